The molecule has 190 valence electrons. The summed E-state index contributed by atoms with van der Waals surface area (Å²) in [6, 6.07) is 17.6. The van der Waals surface area contributed by atoms with E-state index in [4.69, 9.17) is 4.98 Å². The molecule has 1 fully saturated rings. The van der Waals surface area contributed by atoms with Crippen molar-refractivity contribution < 1.29 is 4.79 Å². The van der Waals surface area contributed by atoms with Crippen LogP contribution >= 0.6 is 0 Å². The molecule has 1 amide bonds. The van der Waals surface area contributed by atoms with Gasteiger partial charge in [-0.2, -0.15) is 0 Å². The van der Waals surface area contributed by atoms with Gasteiger partial charge in [-0.05, 0) is 76.2 Å². The Bertz CT molecular complexity index is 1350. The fourth-order valence-corrected chi connectivity index (χ4v) is 4.53. The monoisotopic (exact) mass is 495 g/mol. The number of carbonyl (C=O) groups is 1. The van der Waals surface area contributed by atoms with Crippen LogP contribution in [0.2, 0.25) is 0 Å². The van der Waals surface area contributed by atoms with Crippen molar-refractivity contribution in [3.8, 4) is 11.1 Å². The van der Waals surface area contributed by atoms with Crippen molar-refractivity contribution in [2.24, 2.45) is 0 Å². The molecule has 0 radical (unpaired) electrons. The lowest BCUT2D eigenvalue weighted by molar-refractivity contribution is 0.0943. The molecule has 3 N–H and O–H groups in total. The van der Waals surface area contributed by atoms with Gasteiger partial charge in [0.1, 0.15) is 5.82 Å². The van der Waals surface area contributed by atoms with Gasteiger partial charge >= 0.3 is 0 Å². The number of likely N-dealkylation sites (tertiary alicyclic amines) is 1. The van der Waals surface area contributed by atoms with Crippen molar-refractivity contribution in [2.45, 2.75) is 32.7 Å². The van der Waals surface area contributed by atoms with Gasteiger partial charge in [-0.25, -0.2) is 15.0 Å². The summed E-state index contributed by atoms with van der Waals surface area (Å²) in [7, 11) is 0. The molecule has 2 aromatic carbocycles. The molecule has 4 aromatic rings. The van der Waals surface area contributed by atoms with Gasteiger partial charge in [-0.3, -0.25) is 4.79 Å². The predicted molar refractivity (Wildman–Crippen MR) is 149 cm³/mol. The molecule has 1 aliphatic rings. The topological polar surface area (TPSA) is 95.1 Å². The number of rotatable bonds is 9. The van der Waals surface area contributed by atoms with Crippen molar-refractivity contribution in [1.29, 1.82) is 0 Å². The minimum Gasteiger partial charge on any atom is -0.369 e. The standard InChI is InChI=1S/C29H33N7O/c1-20(2)33-28(37)21-8-11-24(12-9-21)34-29-32-19-23-6-5-7-25(27(23)35-29)22-10-13-26(31-18-22)30-14-17-36-15-3-4-16-36/h5-13,18-20H,3-4,14-17H2,1-2H3,(H,30,31)(H,33,37)(H,32,34,35). The molecule has 0 unspecified atom stereocenters. The number of para-hydroxylation sites is 1. The molecule has 0 bridgehead atoms. The molecule has 1 saturated heterocycles. The Morgan fingerprint density at radius 2 is 1.78 bits per heavy atom. The maximum Gasteiger partial charge on any atom is 0.251 e. The van der Waals surface area contributed by atoms with E-state index in [2.05, 4.69) is 43.0 Å². The first-order chi connectivity index (χ1) is 18.0. The first-order valence-corrected chi connectivity index (χ1v) is 12.9. The quantitative estimate of drug-likeness (QED) is 0.298. The maximum atomic E-state index is 12.2. The molecule has 2 aromatic heterocycles. The summed E-state index contributed by atoms with van der Waals surface area (Å²) >= 11 is 0. The summed E-state index contributed by atoms with van der Waals surface area (Å²) in [5.74, 6) is 1.28. The normalized spacial score (nSPS) is 13.7. The molecular formula is C29H33N7O. The Hall–Kier alpha value is -4.04. The van der Waals surface area contributed by atoms with E-state index in [1.165, 1.54) is 25.9 Å². The molecule has 37 heavy (non-hydrogen) atoms. The first kappa shape index (κ1) is 24.6. The zero-order valence-electron chi connectivity index (χ0n) is 21.4. The first-order valence-electron chi connectivity index (χ1n) is 12.9. The van der Waals surface area contributed by atoms with Crippen LogP contribution < -0.4 is 16.0 Å². The second-order valence-electron chi connectivity index (χ2n) is 9.68. The van der Waals surface area contributed by atoms with Gasteiger partial charge in [0.05, 0.1) is 5.52 Å². The van der Waals surface area contributed by atoms with Crippen LogP contribution in [0.15, 0.2) is 67.0 Å². The minimum absolute atomic E-state index is 0.0884. The lowest BCUT2D eigenvalue weighted by Gasteiger charge is -2.15. The van der Waals surface area contributed by atoms with Crippen LogP contribution in [0.25, 0.3) is 22.0 Å². The fraction of sp³-hybridized carbons (Fsp3) is 0.310. The van der Waals surface area contributed by atoms with Crippen LogP contribution in [0, 0.1) is 0 Å². The third-order valence-electron chi connectivity index (χ3n) is 6.44. The van der Waals surface area contributed by atoms with Crippen molar-refractivity contribution in [1.82, 2.24) is 25.2 Å². The number of anilines is 3. The average Bonchev–Trinajstić information content (AvgIpc) is 3.42. The molecule has 5 rings (SSSR count). The highest BCUT2D eigenvalue weighted by molar-refractivity contribution is 5.95. The van der Waals surface area contributed by atoms with Crippen LogP contribution in [0.5, 0.6) is 0 Å². The van der Waals surface area contributed by atoms with Crippen molar-refractivity contribution in [3.05, 3.63) is 72.6 Å². The van der Waals surface area contributed by atoms with E-state index in [-0.39, 0.29) is 11.9 Å². The van der Waals surface area contributed by atoms with Gasteiger partial charge in [-0.1, -0.05) is 18.2 Å². The number of carbonyl (C=O) groups excluding carboxylic acids is 1. The number of nitrogens with zero attached hydrogens (tertiary/aromatic N) is 4. The molecule has 3 heterocycles. The van der Waals surface area contributed by atoms with E-state index in [0.29, 0.717) is 11.5 Å². The van der Waals surface area contributed by atoms with Crippen molar-refractivity contribution >= 4 is 34.3 Å². The molecule has 8 heteroatoms. The van der Waals surface area contributed by atoms with E-state index in [1.54, 1.807) is 12.1 Å². The smallest absolute Gasteiger partial charge is 0.251 e. The number of benzene rings is 2. The summed E-state index contributed by atoms with van der Waals surface area (Å²) < 4.78 is 0. The van der Waals surface area contributed by atoms with Crippen LogP contribution in [0.4, 0.5) is 17.5 Å². The summed E-state index contributed by atoms with van der Waals surface area (Å²) in [6.45, 7) is 8.23. The number of fused-ring (bicyclic) bond motifs is 1. The summed E-state index contributed by atoms with van der Waals surface area (Å²) in [5, 5.41) is 10.5. The van der Waals surface area contributed by atoms with Crippen LogP contribution in [-0.4, -0.2) is 58.0 Å². The molecule has 8 nitrogen and oxygen atoms in total. The van der Waals surface area contributed by atoms with Crippen LogP contribution in [0.1, 0.15) is 37.0 Å². The Balaban J connectivity index is 1.29. The van der Waals surface area contributed by atoms with Gasteiger partial charge in [0.25, 0.3) is 5.91 Å². The number of aromatic nitrogens is 3. The van der Waals surface area contributed by atoms with Gasteiger partial charge in [-0.15, -0.1) is 0 Å². The maximum absolute atomic E-state index is 12.2. The van der Waals surface area contributed by atoms with Gasteiger partial charge in [0, 0.05) is 59.3 Å². The van der Waals surface area contributed by atoms with Crippen LogP contribution in [-0.2, 0) is 0 Å². The average molecular weight is 496 g/mol. The minimum atomic E-state index is -0.0884. The summed E-state index contributed by atoms with van der Waals surface area (Å²) in [5.41, 5.74) is 4.27. The number of hydrogen-bond donors (Lipinski definition) is 3. The van der Waals surface area contributed by atoms with Crippen molar-refractivity contribution in [3.63, 3.8) is 0 Å². The Labute approximate surface area is 217 Å². The van der Waals surface area contributed by atoms with Crippen LogP contribution in [0.3, 0.4) is 0 Å². The zero-order chi connectivity index (χ0) is 25.6. The van der Waals surface area contributed by atoms with E-state index in [9.17, 15) is 4.79 Å². The molecule has 1 aliphatic heterocycles. The Morgan fingerprint density at radius 1 is 0.973 bits per heavy atom. The fourth-order valence-electron chi connectivity index (χ4n) is 4.53. The number of hydrogen-bond acceptors (Lipinski definition) is 7. The van der Waals surface area contributed by atoms with E-state index >= 15 is 0 Å². The highest BCUT2D eigenvalue weighted by atomic mass is 16.1. The predicted octanol–water partition coefficient (Wildman–Crippen LogP) is 5.08. The number of pyridine rings is 1. The highest BCUT2D eigenvalue weighted by Gasteiger charge is 2.12. The second kappa shape index (κ2) is 11.3. The van der Waals surface area contributed by atoms with E-state index in [0.717, 1.165) is 46.6 Å². The second-order valence-corrected chi connectivity index (χ2v) is 9.68. The summed E-state index contributed by atoms with van der Waals surface area (Å²) in [6.07, 6.45) is 6.33. The van der Waals surface area contributed by atoms with Gasteiger partial charge in [0.2, 0.25) is 5.95 Å². The van der Waals surface area contributed by atoms with Gasteiger partial charge in [0.15, 0.2) is 0 Å². The third-order valence-corrected chi connectivity index (χ3v) is 6.44. The molecule has 0 aliphatic carbocycles. The number of amides is 1. The molecular weight excluding hydrogens is 462 g/mol. The lowest BCUT2D eigenvalue weighted by Crippen LogP contribution is -2.29. The Kier molecular flexibility index (Phi) is 7.56. The zero-order valence-corrected chi connectivity index (χ0v) is 21.4. The molecule has 0 saturated carbocycles. The summed E-state index contributed by atoms with van der Waals surface area (Å²) in [4.78, 5) is 28.6. The molecule has 0 atom stereocenters. The molecule has 0 spiro atoms. The van der Waals surface area contributed by atoms with E-state index in [1.807, 2.05) is 56.6 Å². The Morgan fingerprint density at radius 3 is 2.51 bits per heavy atom. The van der Waals surface area contributed by atoms with Crippen molar-refractivity contribution in [2.75, 3.05) is 36.8 Å². The third kappa shape index (κ3) is 6.21. The largest absolute Gasteiger partial charge is 0.369 e. The van der Waals surface area contributed by atoms with Gasteiger partial charge < -0.3 is 20.9 Å². The van der Waals surface area contributed by atoms with E-state index < -0.39 is 0 Å². The SMILES string of the molecule is CC(C)NC(=O)c1ccc(Nc2ncc3cccc(-c4ccc(NCCN5CCCC5)nc4)c3n2)cc1. The lowest BCUT2D eigenvalue weighted by atomic mass is 10.0. The number of nitrogens with one attached hydrogen (secondary N) is 3. The highest BCUT2D eigenvalue weighted by Crippen LogP contribution is 2.28.